The molecule has 3 aromatic carbocycles. The molecule has 0 unspecified atom stereocenters. The number of amides is 2. The average Bonchev–Trinajstić information content (AvgIpc) is 2.74. The molecule has 0 aliphatic heterocycles. The van der Waals surface area contributed by atoms with Crippen molar-refractivity contribution in [2.45, 2.75) is 0 Å². The Labute approximate surface area is 167 Å². The Morgan fingerprint density at radius 2 is 1.11 bits per heavy atom. The van der Waals surface area contributed by atoms with Gasteiger partial charge in [0.25, 0.3) is 11.8 Å². The highest BCUT2D eigenvalue weighted by molar-refractivity contribution is 7.80. The Morgan fingerprint density at radius 1 is 0.571 bits per heavy atom. The Morgan fingerprint density at radius 3 is 1.75 bits per heavy atom. The molecule has 2 amide bonds. The third-order valence-corrected chi connectivity index (χ3v) is 3.97. The number of carbonyl (C=O) groups is 2. The molecule has 0 radical (unpaired) electrons. The van der Waals surface area contributed by atoms with Gasteiger partial charge >= 0.3 is 0 Å². The number of hydrogen-bond acceptors (Lipinski definition) is 3. The lowest BCUT2D eigenvalue weighted by Gasteiger charge is -2.12. The van der Waals surface area contributed by atoms with Gasteiger partial charge in [0.1, 0.15) is 0 Å². The Hall–Kier alpha value is -3.71. The van der Waals surface area contributed by atoms with Gasteiger partial charge in [-0.1, -0.05) is 36.4 Å². The highest BCUT2D eigenvalue weighted by Crippen LogP contribution is 2.11. The minimum absolute atomic E-state index is 0.211. The van der Waals surface area contributed by atoms with Crippen LogP contribution in [0.15, 0.2) is 84.9 Å². The van der Waals surface area contributed by atoms with Crippen molar-refractivity contribution >= 4 is 40.5 Å². The van der Waals surface area contributed by atoms with Gasteiger partial charge < -0.3 is 10.6 Å². The maximum Gasteiger partial charge on any atom is 0.269 e. The van der Waals surface area contributed by atoms with Crippen molar-refractivity contribution in [3.05, 3.63) is 96.1 Å². The second-order valence-corrected chi connectivity index (χ2v) is 6.21. The van der Waals surface area contributed by atoms with E-state index >= 15 is 0 Å². The first-order chi connectivity index (χ1) is 13.6. The third kappa shape index (κ3) is 5.39. The van der Waals surface area contributed by atoms with E-state index in [1.165, 1.54) is 0 Å². The quantitative estimate of drug-likeness (QED) is 0.404. The summed E-state index contributed by atoms with van der Waals surface area (Å²) in [5.74, 6) is -0.560. The van der Waals surface area contributed by atoms with Crippen LogP contribution in [0.25, 0.3) is 0 Å². The first-order valence-electron chi connectivity index (χ1n) is 8.51. The molecule has 4 N–H and O–H groups in total. The number of carbonyl (C=O) groups excluding carboxylic acids is 2. The molecule has 28 heavy (non-hydrogen) atoms. The number of hydrogen-bond donors (Lipinski definition) is 4. The molecule has 6 nitrogen and oxygen atoms in total. The summed E-state index contributed by atoms with van der Waals surface area (Å²) in [6.45, 7) is 0. The molecule has 0 atom stereocenters. The first-order valence-corrected chi connectivity index (χ1v) is 8.91. The fraction of sp³-hybridized carbons (Fsp3) is 0. The second-order valence-electron chi connectivity index (χ2n) is 5.80. The van der Waals surface area contributed by atoms with Gasteiger partial charge in [-0.2, -0.15) is 0 Å². The second kappa shape index (κ2) is 9.29. The molecular formula is C21H18N4O2S. The van der Waals surface area contributed by atoms with Gasteiger partial charge in [-0.3, -0.25) is 20.4 Å². The highest BCUT2D eigenvalue weighted by Gasteiger charge is 2.08. The fourth-order valence-electron chi connectivity index (χ4n) is 2.37. The van der Waals surface area contributed by atoms with Gasteiger partial charge in [0.2, 0.25) is 0 Å². The van der Waals surface area contributed by atoms with Crippen molar-refractivity contribution in [2.75, 3.05) is 10.6 Å². The van der Waals surface area contributed by atoms with E-state index in [1.54, 1.807) is 48.5 Å². The summed E-state index contributed by atoms with van der Waals surface area (Å²) in [7, 11) is 0. The molecule has 3 aromatic rings. The van der Waals surface area contributed by atoms with Gasteiger partial charge in [0, 0.05) is 22.5 Å². The summed E-state index contributed by atoms with van der Waals surface area (Å²) >= 11 is 5.13. The molecule has 0 heterocycles. The zero-order chi connectivity index (χ0) is 19.8. The van der Waals surface area contributed by atoms with E-state index in [-0.39, 0.29) is 16.9 Å². The molecule has 0 aliphatic rings. The summed E-state index contributed by atoms with van der Waals surface area (Å²) in [5.41, 5.74) is 7.57. The number of hydrazine groups is 1. The molecule has 0 saturated heterocycles. The van der Waals surface area contributed by atoms with Crippen molar-refractivity contribution in [2.24, 2.45) is 0 Å². The molecule has 3 rings (SSSR count). The van der Waals surface area contributed by atoms with Crippen LogP contribution in [-0.4, -0.2) is 16.9 Å². The minimum atomic E-state index is -0.349. The number of benzene rings is 3. The van der Waals surface area contributed by atoms with Crippen molar-refractivity contribution in [1.82, 2.24) is 10.9 Å². The van der Waals surface area contributed by atoms with Crippen LogP contribution in [0.2, 0.25) is 0 Å². The van der Waals surface area contributed by atoms with Gasteiger partial charge in [0.15, 0.2) is 5.11 Å². The van der Waals surface area contributed by atoms with Crippen molar-refractivity contribution in [1.29, 1.82) is 0 Å². The van der Waals surface area contributed by atoms with Crippen LogP contribution in [-0.2, 0) is 0 Å². The SMILES string of the molecule is O=C(NNC(=S)Nc1ccccc1)c1ccc(NC(=O)c2ccccc2)cc1. The minimum Gasteiger partial charge on any atom is -0.331 e. The number of anilines is 2. The smallest absolute Gasteiger partial charge is 0.269 e. The molecular weight excluding hydrogens is 372 g/mol. The third-order valence-electron chi connectivity index (χ3n) is 3.76. The summed E-state index contributed by atoms with van der Waals surface area (Å²) in [4.78, 5) is 24.3. The van der Waals surface area contributed by atoms with E-state index in [1.807, 2.05) is 36.4 Å². The Kier molecular flexibility index (Phi) is 6.33. The van der Waals surface area contributed by atoms with Crippen LogP contribution in [0, 0.1) is 0 Å². The largest absolute Gasteiger partial charge is 0.331 e. The number of nitrogens with one attached hydrogen (secondary N) is 4. The zero-order valence-corrected chi connectivity index (χ0v) is 15.6. The predicted octanol–water partition coefficient (Wildman–Crippen LogP) is 3.57. The number of thiocarbonyl (C=S) groups is 1. The Bertz CT molecular complexity index is 961. The predicted molar refractivity (Wildman–Crippen MR) is 114 cm³/mol. The van der Waals surface area contributed by atoms with Gasteiger partial charge in [0.05, 0.1) is 0 Å². The highest BCUT2D eigenvalue weighted by atomic mass is 32.1. The van der Waals surface area contributed by atoms with Crippen LogP contribution in [0.5, 0.6) is 0 Å². The lowest BCUT2D eigenvalue weighted by atomic mass is 10.2. The Balaban J connectivity index is 1.51. The lowest BCUT2D eigenvalue weighted by Crippen LogP contribution is -2.43. The van der Waals surface area contributed by atoms with Gasteiger partial charge in [-0.25, -0.2) is 0 Å². The number of rotatable bonds is 4. The molecule has 0 spiro atoms. The van der Waals surface area contributed by atoms with Crippen molar-refractivity contribution in [3.8, 4) is 0 Å². The zero-order valence-electron chi connectivity index (χ0n) is 14.8. The van der Waals surface area contributed by atoms with Crippen LogP contribution < -0.4 is 21.5 Å². The summed E-state index contributed by atoms with van der Waals surface area (Å²) in [6.07, 6.45) is 0. The molecule has 0 fully saturated rings. The van der Waals surface area contributed by atoms with E-state index < -0.39 is 0 Å². The van der Waals surface area contributed by atoms with Crippen LogP contribution in [0.1, 0.15) is 20.7 Å². The summed E-state index contributed by atoms with van der Waals surface area (Å²) in [6, 6.07) is 24.8. The summed E-state index contributed by atoms with van der Waals surface area (Å²) in [5, 5.41) is 6.01. The van der Waals surface area contributed by atoms with E-state index in [0.29, 0.717) is 16.8 Å². The van der Waals surface area contributed by atoms with Crippen LogP contribution >= 0.6 is 12.2 Å². The maximum atomic E-state index is 12.2. The van der Waals surface area contributed by atoms with Crippen molar-refractivity contribution < 1.29 is 9.59 Å². The molecule has 0 saturated carbocycles. The van der Waals surface area contributed by atoms with E-state index in [4.69, 9.17) is 12.2 Å². The topological polar surface area (TPSA) is 82.3 Å². The van der Waals surface area contributed by atoms with Gasteiger partial charge in [-0.05, 0) is 60.7 Å². The normalized spacial score (nSPS) is 9.86. The van der Waals surface area contributed by atoms with E-state index in [0.717, 1.165) is 5.69 Å². The van der Waals surface area contributed by atoms with Crippen molar-refractivity contribution in [3.63, 3.8) is 0 Å². The molecule has 0 bridgehead atoms. The standard InChI is InChI=1S/C21H18N4O2S/c26-19(15-7-3-1-4-8-15)22-18-13-11-16(12-14-18)20(27)24-25-21(28)23-17-9-5-2-6-10-17/h1-14H,(H,22,26)(H,24,27)(H2,23,25,28). The average molecular weight is 390 g/mol. The lowest BCUT2D eigenvalue weighted by molar-refractivity contribution is 0.0943. The molecule has 0 aliphatic carbocycles. The van der Waals surface area contributed by atoms with Crippen LogP contribution in [0.3, 0.4) is 0 Å². The van der Waals surface area contributed by atoms with E-state index in [9.17, 15) is 9.59 Å². The molecule has 7 heteroatoms. The van der Waals surface area contributed by atoms with Gasteiger partial charge in [-0.15, -0.1) is 0 Å². The first kappa shape index (κ1) is 19.1. The van der Waals surface area contributed by atoms with Crippen LogP contribution in [0.4, 0.5) is 11.4 Å². The maximum absolute atomic E-state index is 12.2. The summed E-state index contributed by atoms with van der Waals surface area (Å²) < 4.78 is 0. The monoisotopic (exact) mass is 390 g/mol. The molecule has 140 valence electrons. The molecule has 0 aromatic heterocycles. The van der Waals surface area contributed by atoms with E-state index in [2.05, 4.69) is 21.5 Å². The fourth-order valence-corrected chi connectivity index (χ4v) is 2.54. The number of para-hydroxylation sites is 1.